The number of hydrogen-bond acceptors (Lipinski definition) is 3. The van der Waals surface area contributed by atoms with Gasteiger partial charge < -0.3 is 20.7 Å². The van der Waals surface area contributed by atoms with Crippen LogP contribution in [0.5, 0.6) is 5.75 Å². The third kappa shape index (κ3) is 6.06. The van der Waals surface area contributed by atoms with Crippen molar-refractivity contribution in [3.05, 3.63) is 57.0 Å². The number of anilines is 1. The average molecular weight is 471 g/mol. The van der Waals surface area contributed by atoms with Gasteiger partial charge in [0, 0.05) is 27.6 Å². The highest BCUT2D eigenvalue weighted by Gasteiger charge is 2.07. The minimum Gasteiger partial charge on any atom is -0.497 e. The molecule has 3 N–H and O–H groups in total. The van der Waals surface area contributed by atoms with E-state index in [4.69, 9.17) is 4.74 Å². The highest BCUT2D eigenvalue weighted by Crippen LogP contribution is 2.25. The van der Waals surface area contributed by atoms with E-state index in [1.807, 2.05) is 12.1 Å². The second kappa shape index (κ2) is 9.43. The summed E-state index contributed by atoms with van der Waals surface area (Å²) in [7, 11) is 1.57. The molecule has 0 atom stereocenters. The van der Waals surface area contributed by atoms with Crippen molar-refractivity contribution < 1.29 is 14.3 Å². The molecule has 0 saturated carbocycles. The molecule has 0 fully saturated rings. The topological polar surface area (TPSA) is 79.5 Å². The van der Waals surface area contributed by atoms with Crippen molar-refractivity contribution in [2.75, 3.05) is 25.5 Å². The molecule has 0 bridgehead atoms. The first-order chi connectivity index (χ1) is 12.0. The van der Waals surface area contributed by atoms with Crippen molar-refractivity contribution in [2.45, 2.75) is 0 Å². The van der Waals surface area contributed by atoms with Gasteiger partial charge in [0.1, 0.15) is 5.75 Å². The number of carbonyl (C=O) groups is 2. The molecule has 6 nitrogen and oxygen atoms in total. The SMILES string of the molecule is COc1ccc(C(=O)NCCNC(=O)Nc2ccc(Br)cc2Br)cc1. The van der Waals surface area contributed by atoms with Gasteiger partial charge in [0.15, 0.2) is 0 Å². The molecule has 0 heterocycles. The summed E-state index contributed by atoms with van der Waals surface area (Å²) in [4.78, 5) is 23.8. The Morgan fingerprint density at radius 1 is 1.00 bits per heavy atom. The maximum absolute atomic E-state index is 12.0. The fourth-order valence-electron chi connectivity index (χ4n) is 1.95. The molecular formula is C17H17Br2N3O3. The standard InChI is InChI=1S/C17H17Br2N3O3/c1-25-13-5-2-11(3-6-13)16(23)20-8-9-21-17(24)22-15-7-4-12(18)10-14(15)19/h2-7,10H,8-9H2,1H3,(H,20,23)(H2,21,22,24). The lowest BCUT2D eigenvalue weighted by molar-refractivity contribution is 0.0954. The Bertz CT molecular complexity index is 751. The Kier molecular flexibility index (Phi) is 7.27. The van der Waals surface area contributed by atoms with Crippen LogP contribution in [-0.4, -0.2) is 32.1 Å². The van der Waals surface area contributed by atoms with Crippen LogP contribution < -0.4 is 20.7 Å². The zero-order chi connectivity index (χ0) is 18.2. The predicted octanol–water partition coefficient (Wildman–Crippen LogP) is 3.77. The highest BCUT2D eigenvalue weighted by atomic mass is 79.9. The lowest BCUT2D eigenvalue weighted by Crippen LogP contribution is -2.36. The zero-order valence-corrected chi connectivity index (χ0v) is 16.6. The van der Waals surface area contributed by atoms with Crippen LogP contribution in [0.3, 0.4) is 0 Å². The molecule has 0 unspecified atom stereocenters. The quantitative estimate of drug-likeness (QED) is 0.562. The van der Waals surface area contributed by atoms with Crippen molar-refractivity contribution >= 4 is 49.5 Å². The number of urea groups is 1. The van der Waals surface area contributed by atoms with E-state index >= 15 is 0 Å². The molecule has 0 aliphatic rings. The molecule has 0 aliphatic heterocycles. The molecule has 0 radical (unpaired) electrons. The molecule has 132 valence electrons. The van der Waals surface area contributed by atoms with Gasteiger partial charge in [-0.3, -0.25) is 4.79 Å². The smallest absolute Gasteiger partial charge is 0.319 e. The number of methoxy groups -OCH3 is 1. The van der Waals surface area contributed by atoms with Gasteiger partial charge in [-0.2, -0.15) is 0 Å². The summed E-state index contributed by atoms with van der Waals surface area (Å²) in [5.41, 5.74) is 1.19. The lowest BCUT2D eigenvalue weighted by Gasteiger charge is -2.10. The molecular weight excluding hydrogens is 454 g/mol. The lowest BCUT2D eigenvalue weighted by atomic mass is 10.2. The Hall–Kier alpha value is -2.06. The second-order valence-electron chi connectivity index (χ2n) is 4.99. The molecule has 0 saturated heterocycles. The average Bonchev–Trinajstić information content (AvgIpc) is 2.61. The largest absolute Gasteiger partial charge is 0.497 e. The van der Waals surface area contributed by atoms with E-state index in [-0.39, 0.29) is 11.9 Å². The van der Waals surface area contributed by atoms with Gasteiger partial charge in [-0.25, -0.2) is 4.79 Å². The fourth-order valence-corrected chi connectivity index (χ4v) is 3.10. The van der Waals surface area contributed by atoms with Gasteiger partial charge in [-0.05, 0) is 58.4 Å². The Morgan fingerprint density at radius 2 is 1.68 bits per heavy atom. The first-order valence-electron chi connectivity index (χ1n) is 7.42. The fraction of sp³-hybridized carbons (Fsp3) is 0.176. The van der Waals surface area contributed by atoms with Gasteiger partial charge in [-0.15, -0.1) is 0 Å². The van der Waals surface area contributed by atoms with E-state index in [0.29, 0.717) is 30.1 Å². The Balaban J connectivity index is 1.72. The van der Waals surface area contributed by atoms with Crippen molar-refractivity contribution in [1.82, 2.24) is 10.6 Å². The normalized spacial score (nSPS) is 10.0. The summed E-state index contributed by atoms with van der Waals surface area (Å²) in [6.07, 6.45) is 0. The number of carbonyl (C=O) groups excluding carboxylic acids is 2. The summed E-state index contributed by atoms with van der Waals surface area (Å²) in [6, 6.07) is 11.9. The molecule has 25 heavy (non-hydrogen) atoms. The van der Waals surface area contributed by atoms with Crippen molar-refractivity contribution in [3.8, 4) is 5.75 Å². The zero-order valence-electron chi connectivity index (χ0n) is 13.4. The van der Waals surface area contributed by atoms with Gasteiger partial charge in [0.2, 0.25) is 0 Å². The first-order valence-corrected chi connectivity index (χ1v) is 9.00. The molecule has 8 heteroatoms. The third-order valence-electron chi connectivity index (χ3n) is 3.23. The molecule has 2 aromatic rings. The number of rotatable bonds is 6. The van der Waals surface area contributed by atoms with Crippen LogP contribution in [0.25, 0.3) is 0 Å². The van der Waals surface area contributed by atoms with Crippen molar-refractivity contribution in [3.63, 3.8) is 0 Å². The molecule has 0 aromatic heterocycles. The number of amides is 3. The third-order valence-corrected chi connectivity index (χ3v) is 4.38. The van der Waals surface area contributed by atoms with E-state index in [1.165, 1.54) is 0 Å². The van der Waals surface area contributed by atoms with E-state index < -0.39 is 0 Å². The maximum atomic E-state index is 12.0. The minimum atomic E-state index is -0.346. The number of ether oxygens (including phenoxy) is 1. The number of nitrogens with one attached hydrogen (secondary N) is 3. The van der Waals surface area contributed by atoms with Crippen LogP contribution in [0.1, 0.15) is 10.4 Å². The van der Waals surface area contributed by atoms with Gasteiger partial charge in [0.25, 0.3) is 5.91 Å². The van der Waals surface area contributed by atoms with Crippen molar-refractivity contribution in [2.24, 2.45) is 0 Å². The van der Waals surface area contributed by atoms with Crippen LogP contribution in [0.2, 0.25) is 0 Å². The van der Waals surface area contributed by atoms with Crippen LogP contribution >= 0.6 is 31.9 Å². The number of hydrogen-bond donors (Lipinski definition) is 3. The molecule has 2 aromatic carbocycles. The van der Waals surface area contributed by atoms with Crippen molar-refractivity contribution in [1.29, 1.82) is 0 Å². The summed E-state index contributed by atoms with van der Waals surface area (Å²) in [6.45, 7) is 0.627. The van der Waals surface area contributed by atoms with E-state index in [2.05, 4.69) is 47.8 Å². The first kappa shape index (κ1) is 19.3. The highest BCUT2D eigenvalue weighted by molar-refractivity contribution is 9.11. The van der Waals surface area contributed by atoms with Gasteiger partial charge >= 0.3 is 6.03 Å². The molecule has 0 aliphatic carbocycles. The maximum Gasteiger partial charge on any atom is 0.319 e. The summed E-state index contributed by atoms with van der Waals surface area (Å²) >= 11 is 6.72. The van der Waals surface area contributed by atoms with Gasteiger partial charge in [-0.1, -0.05) is 15.9 Å². The number of halogens is 2. The monoisotopic (exact) mass is 469 g/mol. The van der Waals surface area contributed by atoms with Crippen LogP contribution in [0, 0.1) is 0 Å². The van der Waals surface area contributed by atoms with E-state index in [9.17, 15) is 9.59 Å². The van der Waals surface area contributed by atoms with Crippen LogP contribution in [0.4, 0.5) is 10.5 Å². The van der Waals surface area contributed by atoms with Crippen LogP contribution in [0.15, 0.2) is 51.4 Å². The van der Waals surface area contributed by atoms with Gasteiger partial charge in [0.05, 0.1) is 12.8 Å². The Labute approximate surface area is 162 Å². The molecule has 3 amide bonds. The minimum absolute atomic E-state index is 0.208. The second-order valence-corrected chi connectivity index (χ2v) is 6.76. The van der Waals surface area contributed by atoms with E-state index in [1.54, 1.807) is 37.4 Å². The molecule has 2 rings (SSSR count). The number of benzene rings is 2. The molecule has 0 spiro atoms. The summed E-state index contributed by atoms with van der Waals surface area (Å²) < 4.78 is 6.72. The summed E-state index contributed by atoms with van der Waals surface area (Å²) in [5, 5.41) is 8.14. The van der Waals surface area contributed by atoms with Crippen LogP contribution in [-0.2, 0) is 0 Å². The predicted molar refractivity (Wildman–Crippen MR) is 104 cm³/mol. The Morgan fingerprint density at radius 3 is 2.32 bits per heavy atom. The summed E-state index contributed by atoms with van der Waals surface area (Å²) in [5.74, 6) is 0.481. The van der Waals surface area contributed by atoms with E-state index in [0.717, 1.165) is 8.95 Å².